The SMILES string of the molecule is COCCN1C(=O)/C(=C\c2cc(C)n(-c3ccc(C)c(Cl)c3)c2C)C(=O)NC1=S. The van der Waals surface area contributed by atoms with E-state index in [2.05, 4.69) is 5.32 Å². The minimum atomic E-state index is -0.503. The molecule has 2 heterocycles. The first-order valence-corrected chi connectivity index (χ1v) is 9.86. The van der Waals surface area contributed by atoms with Crippen molar-refractivity contribution < 1.29 is 14.3 Å². The second-order valence-corrected chi connectivity index (χ2v) is 7.66. The smallest absolute Gasteiger partial charge is 0.265 e. The van der Waals surface area contributed by atoms with Gasteiger partial charge in [-0.3, -0.25) is 19.8 Å². The molecular weight excluding hydrogens is 410 g/mol. The van der Waals surface area contributed by atoms with E-state index in [1.54, 1.807) is 13.2 Å². The lowest BCUT2D eigenvalue weighted by atomic mass is 10.1. The molecule has 0 radical (unpaired) electrons. The summed E-state index contributed by atoms with van der Waals surface area (Å²) in [5.41, 5.74) is 4.59. The molecule has 2 aromatic rings. The molecule has 1 aliphatic rings. The first-order valence-electron chi connectivity index (χ1n) is 9.08. The maximum Gasteiger partial charge on any atom is 0.265 e. The lowest BCUT2D eigenvalue weighted by molar-refractivity contribution is -0.129. The molecule has 0 atom stereocenters. The van der Waals surface area contributed by atoms with Crippen LogP contribution in [0.4, 0.5) is 0 Å². The number of amides is 2. The van der Waals surface area contributed by atoms with Crippen molar-refractivity contribution in [2.45, 2.75) is 20.8 Å². The zero-order chi connectivity index (χ0) is 21.3. The fourth-order valence-electron chi connectivity index (χ4n) is 3.29. The molecule has 1 aliphatic heterocycles. The highest BCUT2D eigenvalue weighted by atomic mass is 35.5. The molecule has 1 aromatic carbocycles. The number of hydrogen-bond acceptors (Lipinski definition) is 4. The largest absolute Gasteiger partial charge is 0.383 e. The molecule has 0 unspecified atom stereocenters. The predicted octanol–water partition coefficient (Wildman–Crippen LogP) is 3.33. The van der Waals surface area contributed by atoms with Gasteiger partial charge in [-0.1, -0.05) is 17.7 Å². The van der Waals surface area contributed by atoms with Crippen molar-refractivity contribution in [2.24, 2.45) is 0 Å². The summed E-state index contributed by atoms with van der Waals surface area (Å²) in [7, 11) is 1.54. The van der Waals surface area contributed by atoms with Crippen LogP contribution in [0.1, 0.15) is 22.5 Å². The van der Waals surface area contributed by atoms with Crippen molar-refractivity contribution in [3.63, 3.8) is 0 Å². The number of aromatic nitrogens is 1. The van der Waals surface area contributed by atoms with Gasteiger partial charge >= 0.3 is 0 Å². The van der Waals surface area contributed by atoms with Crippen LogP contribution in [0.2, 0.25) is 5.02 Å². The number of aryl methyl sites for hydroxylation is 2. The van der Waals surface area contributed by atoms with E-state index in [9.17, 15) is 9.59 Å². The Morgan fingerprint density at radius 2 is 1.93 bits per heavy atom. The van der Waals surface area contributed by atoms with E-state index in [1.807, 2.05) is 49.6 Å². The molecule has 1 aromatic heterocycles. The highest BCUT2D eigenvalue weighted by molar-refractivity contribution is 7.80. The molecule has 8 heteroatoms. The molecule has 6 nitrogen and oxygen atoms in total. The van der Waals surface area contributed by atoms with Gasteiger partial charge in [0.2, 0.25) is 0 Å². The van der Waals surface area contributed by atoms with E-state index in [4.69, 9.17) is 28.6 Å². The van der Waals surface area contributed by atoms with E-state index >= 15 is 0 Å². The van der Waals surface area contributed by atoms with Crippen molar-refractivity contribution >= 4 is 46.8 Å². The summed E-state index contributed by atoms with van der Waals surface area (Å²) in [5.74, 6) is -0.934. The predicted molar refractivity (Wildman–Crippen MR) is 117 cm³/mol. The Kier molecular flexibility index (Phi) is 6.21. The summed E-state index contributed by atoms with van der Waals surface area (Å²) in [6.45, 7) is 6.44. The van der Waals surface area contributed by atoms with Crippen LogP contribution >= 0.6 is 23.8 Å². The molecule has 0 aliphatic carbocycles. The second-order valence-electron chi connectivity index (χ2n) is 6.86. The van der Waals surface area contributed by atoms with Crippen LogP contribution in [-0.2, 0) is 14.3 Å². The maximum atomic E-state index is 12.8. The van der Waals surface area contributed by atoms with Gasteiger partial charge in [-0.05, 0) is 68.4 Å². The Labute approximate surface area is 180 Å². The number of rotatable bonds is 5. The molecule has 0 spiro atoms. The normalized spacial score (nSPS) is 16.0. The van der Waals surface area contributed by atoms with Gasteiger partial charge in [0.15, 0.2) is 5.11 Å². The number of carbonyl (C=O) groups excluding carboxylic acids is 2. The quantitative estimate of drug-likeness (QED) is 0.448. The standard InChI is InChI=1S/C21H22ClN3O3S/c1-12-5-6-16(11-18(12)22)25-13(2)9-15(14(25)3)10-17-19(26)23-21(29)24(20(17)27)7-8-28-4/h5-6,9-11H,7-8H2,1-4H3,(H,23,26,29)/b17-10-. The Hall–Kier alpha value is -2.48. The van der Waals surface area contributed by atoms with Crippen LogP contribution in [0, 0.1) is 20.8 Å². The number of halogens is 1. The van der Waals surface area contributed by atoms with Gasteiger partial charge < -0.3 is 9.30 Å². The highest BCUT2D eigenvalue weighted by Crippen LogP contribution is 2.26. The monoisotopic (exact) mass is 431 g/mol. The highest BCUT2D eigenvalue weighted by Gasteiger charge is 2.33. The Bertz CT molecular complexity index is 1040. The zero-order valence-corrected chi connectivity index (χ0v) is 18.3. The average Bonchev–Trinajstić information content (AvgIpc) is 2.94. The molecular formula is C21H22ClN3O3S. The second kappa shape index (κ2) is 8.49. The van der Waals surface area contributed by atoms with Crippen LogP contribution in [0.15, 0.2) is 29.8 Å². The zero-order valence-electron chi connectivity index (χ0n) is 16.7. The first-order chi connectivity index (χ1) is 13.7. The van der Waals surface area contributed by atoms with Gasteiger partial charge in [-0.2, -0.15) is 0 Å². The molecule has 1 fully saturated rings. The van der Waals surface area contributed by atoms with E-state index in [1.165, 1.54) is 4.90 Å². The lowest BCUT2D eigenvalue weighted by Crippen LogP contribution is -2.54. The van der Waals surface area contributed by atoms with E-state index < -0.39 is 11.8 Å². The third-order valence-corrected chi connectivity index (χ3v) is 5.62. The molecule has 152 valence electrons. The number of carbonyl (C=O) groups is 2. The van der Waals surface area contributed by atoms with E-state index in [-0.39, 0.29) is 17.2 Å². The van der Waals surface area contributed by atoms with Gasteiger partial charge in [0.1, 0.15) is 5.57 Å². The summed E-state index contributed by atoms with van der Waals surface area (Å²) in [6, 6.07) is 7.78. The first kappa shape index (κ1) is 21.2. The van der Waals surface area contributed by atoms with Crippen molar-refractivity contribution in [2.75, 3.05) is 20.3 Å². The van der Waals surface area contributed by atoms with Crippen LogP contribution in [-0.4, -0.2) is 46.7 Å². The van der Waals surface area contributed by atoms with Gasteiger partial charge in [-0.25, -0.2) is 0 Å². The van der Waals surface area contributed by atoms with Gasteiger partial charge in [0.05, 0.1) is 13.2 Å². The lowest BCUT2D eigenvalue weighted by Gasteiger charge is -2.28. The van der Waals surface area contributed by atoms with Crippen LogP contribution in [0.3, 0.4) is 0 Å². The summed E-state index contributed by atoms with van der Waals surface area (Å²) in [6.07, 6.45) is 1.61. The number of methoxy groups -OCH3 is 1. The number of hydrogen-bond donors (Lipinski definition) is 1. The third-order valence-electron chi connectivity index (χ3n) is 4.89. The number of thiocarbonyl (C=S) groups is 1. The van der Waals surface area contributed by atoms with Gasteiger partial charge in [-0.15, -0.1) is 0 Å². The maximum absolute atomic E-state index is 12.8. The molecule has 2 amide bonds. The molecule has 1 N–H and O–H groups in total. The molecule has 3 rings (SSSR count). The fraction of sp³-hybridized carbons (Fsp3) is 0.286. The Morgan fingerprint density at radius 3 is 2.59 bits per heavy atom. The summed E-state index contributed by atoms with van der Waals surface area (Å²) < 4.78 is 7.06. The number of nitrogens with one attached hydrogen (secondary N) is 1. The molecule has 0 saturated carbocycles. The minimum absolute atomic E-state index is 0.0388. The van der Waals surface area contributed by atoms with Crippen molar-refractivity contribution in [1.82, 2.24) is 14.8 Å². The molecule has 29 heavy (non-hydrogen) atoms. The van der Waals surface area contributed by atoms with E-state index in [0.717, 1.165) is 28.2 Å². The number of benzene rings is 1. The van der Waals surface area contributed by atoms with Gasteiger partial charge in [0, 0.05) is 29.2 Å². The molecule has 0 bridgehead atoms. The van der Waals surface area contributed by atoms with Crippen molar-refractivity contribution in [3.8, 4) is 5.69 Å². The van der Waals surface area contributed by atoms with Crippen molar-refractivity contribution in [3.05, 3.63) is 57.4 Å². The Balaban J connectivity index is 2.01. The third kappa shape index (κ3) is 4.12. The Morgan fingerprint density at radius 1 is 1.21 bits per heavy atom. The van der Waals surface area contributed by atoms with Crippen LogP contribution in [0.25, 0.3) is 11.8 Å². The fourth-order valence-corrected chi connectivity index (χ4v) is 3.73. The van der Waals surface area contributed by atoms with E-state index in [0.29, 0.717) is 11.6 Å². The van der Waals surface area contributed by atoms with Gasteiger partial charge in [0.25, 0.3) is 11.8 Å². The van der Waals surface area contributed by atoms with Crippen LogP contribution in [0.5, 0.6) is 0 Å². The summed E-state index contributed by atoms with van der Waals surface area (Å²) >= 11 is 11.4. The minimum Gasteiger partial charge on any atom is -0.383 e. The summed E-state index contributed by atoms with van der Waals surface area (Å²) in [4.78, 5) is 26.6. The number of nitrogens with zero attached hydrogens (tertiary/aromatic N) is 2. The molecule has 1 saturated heterocycles. The average molecular weight is 432 g/mol. The van der Waals surface area contributed by atoms with Crippen molar-refractivity contribution in [1.29, 1.82) is 0 Å². The van der Waals surface area contributed by atoms with Crippen LogP contribution < -0.4 is 5.32 Å². The topological polar surface area (TPSA) is 63.6 Å². The number of ether oxygens (including phenoxy) is 1. The summed E-state index contributed by atoms with van der Waals surface area (Å²) in [5, 5.41) is 3.35.